The van der Waals surface area contributed by atoms with Gasteiger partial charge >= 0.3 is 0 Å². The third kappa shape index (κ3) is 4.16. The van der Waals surface area contributed by atoms with Crippen molar-refractivity contribution < 1.29 is 19.0 Å². The predicted molar refractivity (Wildman–Crippen MR) is 66.6 cm³/mol. The zero-order valence-electron chi connectivity index (χ0n) is 10.0. The molecule has 0 aromatic heterocycles. The standard InChI is InChI=1S/C12H15ClFNO3/c1-15(5-7-18-6-4-13)12(17)10-3-2-9(14)8-11(10)16/h2-3,8,16H,4-7H2,1H3. The molecule has 0 aliphatic heterocycles. The van der Waals surface area contributed by atoms with E-state index >= 15 is 0 Å². The van der Waals surface area contributed by atoms with Crippen molar-refractivity contribution >= 4 is 17.5 Å². The Kier molecular flexibility index (Phi) is 5.88. The number of rotatable bonds is 6. The van der Waals surface area contributed by atoms with Gasteiger partial charge in [0.15, 0.2) is 0 Å². The summed E-state index contributed by atoms with van der Waals surface area (Å²) in [5, 5.41) is 9.48. The average molecular weight is 276 g/mol. The van der Waals surface area contributed by atoms with Crippen LogP contribution in [0.2, 0.25) is 0 Å². The van der Waals surface area contributed by atoms with Crippen LogP contribution in [-0.2, 0) is 4.74 Å². The molecule has 0 radical (unpaired) electrons. The minimum atomic E-state index is -0.586. The molecule has 100 valence electrons. The van der Waals surface area contributed by atoms with E-state index in [1.54, 1.807) is 7.05 Å². The maximum absolute atomic E-state index is 12.8. The highest BCUT2D eigenvalue weighted by molar-refractivity contribution is 6.17. The maximum atomic E-state index is 12.8. The fourth-order valence-electron chi connectivity index (χ4n) is 1.35. The van der Waals surface area contributed by atoms with Crippen LogP contribution in [0.25, 0.3) is 0 Å². The van der Waals surface area contributed by atoms with Gasteiger partial charge in [0.2, 0.25) is 0 Å². The Morgan fingerprint density at radius 1 is 1.50 bits per heavy atom. The van der Waals surface area contributed by atoms with E-state index in [1.807, 2.05) is 0 Å². The van der Waals surface area contributed by atoms with Crippen LogP contribution < -0.4 is 0 Å². The first-order valence-corrected chi connectivity index (χ1v) is 5.97. The molecule has 1 aromatic carbocycles. The monoisotopic (exact) mass is 275 g/mol. The highest BCUT2D eigenvalue weighted by Crippen LogP contribution is 2.19. The van der Waals surface area contributed by atoms with Crippen LogP contribution in [0.1, 0.15) is 10.4 Å². The van der Waals surface area contributed by atoms with Gasteiger partial charge in [-0.25, -0.2) is 4.39 Å². The third-order valence-electron chi connectivity index (χ3n) is 2.33. The second-order valence-electron chi connectivity index (χ2n) is 3.69. The van der Waals surface area contributed by atoms with Gasteiger partial charge in [0.05, 0.1) is 18.8 Å². The molecule has 1 N–H and O–H groups in total. The SMILES string of the molecule is CN(CCOCCCl)C(=O)c1ccc(F)cc1O. The lowest BCUT2D eigenvalue weighted by molar-refractivity contribution is 0.0709. The Balaban J connectivity index is 2.57. The van der Waals surface area contributed by atoms with E-state index in [0.29, 0.717) is 25.6 Å². The van der Waals surface area contributed by atoms with E-state index in [0.717, 1.165) is 12.1 Å². The van der Waals surface area contributed by atoms with Crippen molar-refractivity contribution in [3.63, 3.8) is 0 Å². The summed E-state index contributed by atoms with van der Waals surface area (Å²) in [4.78, 5) is 13.3. The first-order chi connectivity index (χ1) is 8.56. The fourth-order valence-corrected chi connectivity index (χ4v) is 1.46. The maximum Gasteiger partial charge on any atom is 0.257 e. The van der Waals surface area contributed by atoms with E-state index in [1.165, 1.54) is 11.0 Å². The number of aromatic hydroxyl groups is 1. The van der Waals surface area contributed by atoms with Crippen molar-refractivity contribution in [2.24, 2.45) is 0 Å². The Bertz CT molecular complexity index is 414. The Labute approximate surface area is 110 Å². The Hall–Kier alpha value is -1.33. The van der Waals surface area contributed by atoms with E-state index in [-0.39, 0.29) is 17.2 Å². The molecule has 0 spiro atoms. The Morgan fingerprint density at radius 3 is 2.83 bits per heavy atom. The van der Waals surface area contributed by atoms with Gasteiger partial charge in [0.1, 0.15) is 11.6 Å². The normalized spacial score (nSPS) is 10.4. The summed E-state index contributed by atoms with van der Waals surface area (Å²) in [5.41, 5.74) is 0.0660. The molecule has 0 aliphatic rings. The lowest BCUT2D eigenvalue weighted by atomic mass is 10.1. The van der Waals surface area contributed by atoms with Gasteiger partial charge < -0.3 is 14.7 Å². The highest BCUT2D eigenvalue weighted by Gasteiger charge is 2.15. The molecule has 0 saturated heterocycles. The molecule has 0 unspecified atom stereocenters. The lowest BCUT2D eigenvalue weighted by Gasteiger charge is -2.17. The molecule has 0 atom stereocenters. The van der Waals surface area contributed by atoms with E-state index in [4.69, 9.17) is 16.3 Å². The van der Waals surface area contributed by atoms with Gasteiger partial charge in [0.25, 0.3) is 5.91 Å². The molecular formula is C12H15ClFNO3. The largest absolute Gasteiger partial charge is 0.507 e. The summed E-state index contributed by atoms with van der Waals surface area (Å²) in [6.45, 7) is 1.15. The average Bonchev–Trinajstić information content (AvgIpc) is 2.33. The molecule has 1 rings (SSSR count). The molecule has 18 heavy (non-hydrogen) atoms. The fraction of sp³-hybridized carbons (Fsp3) is 0.417. The molecule has 4 nitrogen and oxygen atoms in total. The number of alkyl halides is 1. The van der Waals surface area contributed by atoms with Gasteiger partial charge in [0, 0.05) is 25.5 Å². The first-order valence-electron chi connectivity index (χ1n) is 5.44. The van der Waals surface area contributed by atoms with Crippen LogP contribution in [0.3, 0.4) is 0 Å². The first kappa shape index (κ1) is 14.7. The summed E-state index contributed by atoms with van der Waals surface area (Å²) in [7, 11) is 1.58. The van der Waals surface area contributed by atoms with Gasteiger partial charge in [-0.15, -0.1) is 11.6 Å². The Morgan fingerprint density at radius 2 is 2.22 bits per heavy atom. The van der Waals surface area contributed by atoms with Crippen LogP contribution in [0.4, 0.5) is 4.39 Å². The van der Waals surface area contributed by atoms with E-state index in [9.17, 15) is 14.3 Å². The van der Waals surface area contributed by atoms with Crippen LogP contribution >= 0.6 is 11.6 Å². The van der Waals surface area contributed by atoms with Gasteiger partial charge in [-0.2, -0.15) is 0 Å². The number of phenolic OH excluding ortho intramolecular Hbond substituents is 1. The summed E-state index contributed by atoms with van der Waals surface area (Å²) in [6, 6.07) is 3.29. The number of hydrogen-bond donors (Lipinski definition) is 1. The number of carbonyl (C=O) groups excluding carboxylic acids is 1. The van der Waals surface area contributed by atoms with Crippen molar-refractivity contribution in [3.8, 4) is 5.75 Å². The minimum absolute atomic E-state index is 0.0660. The lowest BCUT2D eigenvalue weighted by Crippen LogP contribution is -2.30. The molecular weight excluding hydrogens is 261 g/mol. The zero-order chi connectivity index (χ0) is 13.5. The van der Waals surface area contributed by atoms with Crippen molar-refractivity contribution in [2.45, 2.75) is 0 Å². The van der Waals surface area contributed by atoms with E-state index < -0.39 is 5.82 Å². The predicted octanol–water partition coefficient (Wildman–Crippen LogP) is 1.86. The number of hydrogen-bond acceptors (Lipinski definition) is 3. The number of phenols is 1. The molecule has 1 amide bonds. The van der Waals surface area contributed by atoms with Crippen LogP contribution in [0.5, 0.6) is 5.75 Å². The number of nitrogens with zero attached hydrogens (tertiary/aromatic N) is 1. The second-order valence-corrected chi connectivity index (χ2v) is 4.07. The third-order valence-corrected chi connectivity index (χ3v) is 2.48. The number of halogens is 2. The van der Waals surface area contributed by atoms with Crippen LogP contribution in [0, 0.1) is 5.82 Å². The zero-order valence-corrected chi connectivity index (χ0v) is 10.8. The molecule has 0 fully saturated rings. The van der Waals surface area contributed by atoms with Gasteiger partial charge in [-0.3, -0.25) is 4.79 Å². The van der Waals surface area contributed by atoms with Gasteiger partial charge in [-0.05, 0) is 12.1 Å². The highest BCUT2D eigenvalue weighted by atomic mass is 35.5. The van der Waals surface area contributed by atoms with E-state index in [2.05, 4.69) is 0 Å². The number of ether oxygens (including phenoxy) is 1. The molecule has 0 saturated carbocycles. The number of benzene rings is 1. The van der Waals surface area contributed by atoms with Crippen molar-refractivity contribution in [2.75, 3.05) is 32.7 Å². The number of carbonyl (C=O) groups is 1. The smallest absolute Gasteiger partial charge is 0.257 e. The quantitative estimate of drug-likeness (QED) is 0.637. The molecule has 0 bridgehead atoms. The number of likely N-dealkylation sites (N-methyl/N-ethyl adjacent to an activating group) is 1. The van der Waals surface area contributed by atoms with Crippen LogP contribution in [0.15, 0.2) is 18.2 Å². The van der Waals surface area contributed by atoms with Crippen LogP contribution in [-0.4, -0.2) is 48.6 Å². The van der Waals surface area contributed by atoms with Crippen molar-refractivity contribution in [3.05, 3.63) is 29.6 Å². The minimum Gasteiger partial charge on any atom is -0.507 e. The summed E-state index contributed by atoms with van der Waals surface area (Å²) < 4.78 is 17.9. The van der Waals surface area contributed by atoms with Gasteiger partial charge in [-0.1, -0.05) is 0 Å². The summed E-state index contributed by atoms with van der Waals surface area (Å²) in [5.74, 6) is -0.941. The summed E-state index contributed by atoms with van der Waals surface area (Å²) in [6.07, 6.45) is 0. The topological polar surface area (TPSA) is 49.8 Å². The van der Waals surface area contributed by atoms with Crippen molar-refractivity contribution in [1.29, 1.82) is 0 Å². The van der Waals surface area contributed by atoms with Crippen molar-refractivity contribution in [1.82, 2.24) is 4.90 Å². The second kappa shape index (κ2) is 7.18. The summed E-state index contributed by atoms with van der Waals surface area (Å²) >= 11 is 5.44. The molecule has 0 aliphatic carbocycles. The molecule has 6 heteroatoms. The molecule has 1 aromatic rings. The molecule has 0 heterocycles. The number of amides is 1.